The number of aliphatic hydroxyl groups is 1. The highest BCUT2D eigenvalue weighted by molar-refractivity contribution is 5.34. The van der Waals surface area contributed by atoms with Crippen molar-refractivity contribution >= 4 is 0 Å². The van der Waals surface area contributed by atoms with Crippen molar-refractivity contribution in [2.75, 3.05) is 0 Å². The predicted octanol–water partition coefficient (Wildman–Crippen LogP) is 4.14. The minimum absolute atomic E-state index is 0.339. The van der Waals surface area contributed by atoms with Gasteiger partial charge in [0.2, 0.25) is 0 Å². The first-order valence-electron chi connectivity index (χ1n) is 7.47. The second-order valence-electron chi connectivity index (χ2n) is 6.08. The van der Waals surface area contributed by atoms with Crippen molar-refractivity contribution in [3.63, 3.8) is 0 Å². The molecule has 0 radical (unpaired) electrons. The van der Waals surface area contributed by atoms with Gasteiger partial charge in [0, 0.05) is 0 Å². The molecular formula is C19H22O. The third-order valence-electron chi connectivity index (χ3n) is 4.58. The van der Waals surface area contributed by atoms with Crippen LogP contribution in [-0.4, -0.2) is 5.11 Å². The van der Waals surface area contributed by atoms with Crippen LogP contribution in [0.5, 0.6) is 0 Å². The quantitative estimate of drug-likeness (QED) is 0.866. The van der Waals surface area contributed by atoms with Crippen molar-refractivity contribution in [3.05, 3.63) is 70.3 Å². The zero-order valence-electron chi connectivity index (χ0n) is 12.3. The van der Waals surface area contributed by atoms with Gasteiger partial charge in [-0.1, -0.05) is 48.0 Å². The Morgan fingerprint density at radius 3 is 2.55 bits per heavy atom. The van der Waals surface area contributed by atoms with Gasteiger partial charge in [0.05, 0.1) is 6.10 Å². The molecule has 0 saturated heterocycles. The molecule has 0 bridgehead atoms. The number of aryl methyl sites for hydroxylation is 3. The smallest absolute Gasteiger partial charge is 0.0824 e. The zero-order valence-corrected chi connectivity index (χ0v) is 12.3. The van der Waals surface area contributed by atoms with Gasteiger partial charge in [-0.15, -0.1) is 0 Å². The third kappa shape index (κ3) is 2.51. The fourth-order valence-electron chi connectivity index (χ4n) is 3.41. The van der Waals surface area contributed by atoms with E-state index < -0.39 is 0 Å². The molecule has 0 aromatic heterocycles. The van der Waals surface area contributed by atoms with Gasteiger partial charge in [0.15, 0.2) is 0 Å². The molecule has 0 heterocycles. The Morgan fingerprint density at radius 1 is 1.05 bits per heavy atom. The van der Waals surface area contributed by atoms with Crippen molar-refractivity contribution in [1.29, 1.82) is 0 Å². The van der Waals surface area contributed by atoms with E-state index in [1.165, 1.54) is 22.3 Å². The molecule has 3 rings (SSSR count). The lowest BCUT2D eigenvalue weighted by Gasteiger charge is -2.29. The molecular weight excluding hydrogens is 244 g/mol. The fourth-order valence-corrected chi connectivity index (χ4v) is 3.41. The summed E-state index contributed by atoms with van der Waals surface area (Å²) in [4.78, 5) is 0. The lowest BCUT2D eigenvalue weighted by molar-refractivity contribution is 0.0989. The Labute approximate surface area is 121 Å². The van der Waals surface area contributed by atoms with E-state index in [1.54, 1.807) is 0 Å². The van der Waals surface area contributed by atoms with Gasteiger partial charge in [-0.3, -0.25) is 0 Å². The Bertz CT molecular complexity index is 615. The summed E-state index contributed by atoms with van der Waals surface area (Å²) in [5, 5.41) is 10.7. The minimum atomic E-state index is -0.344. The number of hydrogen-bond acceptors (Lipinski definition) is 1. The first-order valence-corrected chi connectivity index (χ1v) is 7.47. The van der Waals surface area contributed by atoms with E-state index in [0.717, 1.165) is 24.8 Å². The summed E-state index contributed by atoms with van der Waals surface area (Å²) in [7, 11) is 0. The van der Waals surface area contributed by atoms with Crippen LogP contribution in [0.15, 0.2) is 42.5 Å². The highest BCUT2D eigenvalue weighted by atomic mass is 16.3. The van der Waals surface area contributed by atoms with Gasteiger partial charge in [0.25, 0.3) is 0 Å². The van der Waals surface area contributed by atoms with Gasteiger partial charge >= 0.3 is 0 Å². The average molecular weight is 266 g/mol. The largest absolute Gasteiger partial charge is 0.388 e. The molecule has 104 valence electrons. The number of hydrogen-bond donors (Lipinski definition) is 1. The van der Waals surface area contributed by atoms with Gasteiger partial charge in [-0.2, -0.15) is 0 Å². The van der Waals surface area contributed by atoms with Crippen molar-refractivity contribution < 1.29 is 5.11 Å². The van der Waals surface area contributed by atoms with Crippen LogP contribution in [-0.2, 0) is 12.8 Å². The SMILES string of the molecule is Cc1ccc(C(O)C2CCc3ccccc3C2)c(C)c1. The van der Waals surface area contributed by atoms with Crippen LogP contribution in [0.1, 0.15) is 40.3 Å². The molecule has 2 aromatic carbocycles. The summed E-state index contributed by atoms with van der Waals surface area (Å²) in [6.07, 6.45) is 2.81. The van der Waals surface area contributed by atoms with E-state index in [9.17, 15) is 5.11 Å². The third-order valence-corrected chi connectivity index (χ3v) is 4.58. The van der Waals surface area contributed by atoms with Crippen LogP contribution in [0.25, 0.3) is 0 Å². The maximum atomic E-state index is 10.7. The van der Waals surface area contributed by atoms with Gasteiger partial charge in [-0.05, 0) is 61.3 Å². The predicted molar refractivity (Wildman–Crippen MR) is 82.8 cm³/mol. The Balaban J connectivity index is 1.84. The van der Waals surface area contributed by atoms with E-state index in [0.29, 0.717) is 5.92 Å². The molecule has 1 aliphatic carbocycles. The number of fused-ring (bicyclic) bond motifs is 1. The van der Waals surface area contributed by atoms with Crippen LogP contribution >= 0.6 is 0 Å². The monoisotopic (exact) mass is 266 g/mol. The van der Waals surface area contributed by atoms with Gasteiger partial charge in [-0.25, -0.2) is 0 Å². The molecule has 1 N–H and O–H groups in total. The first-order chi connectivity index (χ1) is 9.65. The Kier molecular flexibility index (Phi) is 3.62. The van der Waals surface area contributed by atoms with E-state index in [2.05, 4.69) is 56.3 Å². The van der Waals surface area contributed by atoms with E-state index in [4.69, 9.17) is 0 Å². The summed E-state index contributed by atoms with van der Waals surface area (Å²) >= 11 is 0. The fraction of sp³-hybridized carbons (Fsp3) is 0.368. The highest BCUT2D eigenvalue weighted by Crippen LogP contribution is 2.35. The molecule has 0 fully saturated rings. The maximum absolute atomic E-state index is 10.7. The maximum Gasteiger partial charge on any atom is 0.0824 e. The Hall–Kier alpha value is -1.60. The molecule has 2 aromatic rings. The van der Waals surface area contributed by atoms with Crippen molar-refractivity contribution in [1.82, 2.24) is 0 Å². The highest BCUT2D eigenvalue weighted by Gasteiger charge is 2.26. The van der Waals surface area contributed by atoms with Crippen molar-refractivity contribution in [2.24, 2.45) is 5.92 Å². The van der Waals surface area contributed by atoms with Crippen molar-refractivity contribution in [2.45, 2.75) is 39.2 Å². The molecule has 2 unspecified atom stereocenters. The summed E-state index contributed by atoms with van der Waals surface area (Å²) < 4.78 is 0. The van der Waals surface area contributed by atoms with E-state index >= 15 is 0 Å². The average Bonchev–Trinajstić information content (AvgIpc) is 2.46. The molecule has 20 heavy (non-hydrogen) atoms. The topological polar surface area (TPSA) is 20.2 Å². The molecule has 0 saturated carbocycles. The number of rotatable bonds is 2. The van der Waals surface area contributed by atoms with E-state index in [-0.39, 0.29) is 6.10 Å². The van der Waals surface area contributed by atoms with Crippen LogP contribution in [0.2, 0.25) is 0 Å². The first kappa shape index (κ1) is 13.4. The number of benzene rings is 2. The van der Waals surface area contributed by atoms with E-state index in [1.807, 2.05) is 0 Å². The standard InChI is InChI=1S/C19H22O/c1-13-7-10-18(14(2)11-13)19(20)17-9-8-15-5-3-4-6-16(15)12-17/h3-7,10-11,17,19-20H,8-9,12H2,1-2H3. The molecule has 1 heteroatoms. The lowest BCUT2D eigenvalue weighted by atomic mass is 9.78. The van der Waals surface area contributed by atoms with Crippen LogP contribution < -0.4 is 0 Å². The molecule has 1 nitrogen and oxygen atoms in total. The van der Waals surface area contributed by atoms with Crippen LogP contribution in [0.3, 0.4) is 0 Å². The second-order valence-corrected chi connectivity index (χ2v) is 6.08. The molecule has 0 spiro atoms. The minimum Gasteiger partial charge on any atom is -0.388 e. The molecule has 0 amide bonds. The molecule has 2 atom stereocenters. The normalized spacial score (nSPS) is 19.4. The summed E-state index contributed by atoms with van der Waals surface area (Å²) in [6, 6.07) is 15.0. The number of aliphatic hydroxyl groups excluding tert-OH is 1. The molecule has 0 aliphatic heterocycles. The van der Waals surface area contributed by atoms with Crippen molar-refractivity contribution in [3.8, 4) is 0 Å². The van der Waals surface area contributed by atoms with Crippen LogP contribution in [0.4, 0.5) is 0 Å². The van der Waals surface area contributed by atoms with Gasteiger partial charge in [0.1, 0.15) is 0 Å². The summed E-state index contributed by atoms with van der Waals surface area (Å²) in [6.45, 7) is 4.20. The van der Waals surface area contributed by atoms with Crippen LogP contribution in [0, 0.1) is 19.8 Å². The zero-order chi connectivity index (χ0) is 14.1. The molecule has 1 aliphatic rings. The lowest BCUT2D eigenvalue weighted by Crippen LogP contribution is -2.21. The van der Waals surface area contributed by atoms with Gasteiger partial charge < -0.3 is 5.11 Å². The second kappa shape index (κ2) is 5.41. The summed E-state index contributed by atoms with van der Waals surface area (Å²) in [5.74, 6) is 0.339. The summed E-state index contributed by atoms with van der Waals surface area (Å²) in [5.41, 5.74) is 6.42. The Morgan fingerprint density at radius 2 is 1.80 bits per heavy atom.